The first kappa shape index (κ1) is 25.5. The summed E-state index contributed by atoms with van der Waals surface area (Å²) in [5, 5.41) is 13.8. The van der Waals surface area contributed by atoms with Gasteiger partial charge in [-0.1, -0.05) is 12.1 Å². The first-order valence-electron chi connectivity index (χ1n) is 13.2. The second-order valence-corrected chi connectivity index (χ2v) is 10.3. The summed E-state index contributed by atoms with van der Waals surface area (Å²) in [6.07, 6.45) is 4.45. The number of benzene rings is 2. The van der Waals surface area contributed by atoms with E-state index in [1.54, 1.807) is 23.5 Å². The number of anilines is 1. The van der Waals surface area contributed by atoms with Crippen molar-refractivity contribution >= 4 is 28.7 Å². The Morgan fingerprint density at radius 2 is 1.70 bits per heavy atom. The van der Waals surface area contributed by atoms with Gasteiger partial charge in [0, 0.05) is 50.3 Å². The van der Waals surface area contributed by atoms with Gasteiger partial charge < -0.3 is 24.4 Å². The quantitative estimate of drug-likeness (QED) is 0.265. The van der Waals surface area contributed by atoms with Crippen molar-refractivity contribution in [3.8, 4) is 11.3 Å². The third kappa shape index (κ3) is 6.59. The van der Waals surface area contributed by atoms with Gasteiger partial charge in [0.1, 0.15) is 5.82 Å². The van der Waals surface area contributed by atoms with E-state index >= 15 is 0 Å². The standard InChI is InChI=1S/C28H35FN6OS/c29-23-7-9-24(10-8-23)32-28-35(16-4-13-31-27(30)34-14-2-1-3-15-34)26(21-37-28)22-5-11-25(12-6-22)33-17-19-36-20-18-33/h5-12,21H,1-4,13-20H2,(H2,30,31)/b32-28-. The first-order valence-corrected chi connectivity index (χ1v) is 14.0. The molecule has 5 rings (SSSR count). The van der Waals surface area contributed by atoms with E-state index in [9.17, 15) is 4.39 Å². The summed E-state index contributed by atoms with van der Waals surface area (Å²) in [6.45, 7) is 6.80. The summed E-state index contributed by atoms with van der Waals surface area (Å²) in [6, 6.07) is 15.0. The van der Waals surface area contributed by atoms with E-state index < -0.39 is 0 Å². The molecule has 3 heterocycles. The maximum absolute atomic E-state index is 13.4. The van der Waals surface area contributed by atoms with Crippen molar-refractivity contribution in [1.82, 2.24) is 14.8 Å². The molecule has 2 aromatic carbocycles. The Kier molecular flexibility index (Phi) is 8.53. The molecule has 2 saturated heterocycles. The highest BCUT2D eigenvalue weighted by Gasteiger charge is 2.14. The average molecular weight is 523 g/mol. The maximum Gasteiger partial charge on any atom is 0.191 e. The molecule has 3 aromatic rings. The first-order chi connectivity index (χ1) is 18.2. The predicted octanol–water partition coefficient (Wildman–Crippen LogP) is 4.83. The van der Waals surface area contributed by atoms with Crippen LogP contribution in [0.15, 0.2) is 58.9 Å². The molecule has 2 fully saturated rings. The molecule has 196 valence electrons. The number of ether oxygens (including phenoxy) is 1. The summed E-state index contributed by atoms with van der Waals surface area (Å²) < 4.78 is 21.1. The van der Waals surface area contributed by atoms with Gasteiger partial charge in [-0.2, -0.15) is 0 Å². The molecule has 9 heteroatoms. The average Bonchev–Trinajstić information content (AvgIpc) is 3.35. The molecule has 0 radical (unpaired) electrons. The van der Waals surface area contributed by atoms with Crippen molar-refractivity contribution in [2.45, 2.75) is 32.2 Å². The summed E-state index contributed by atoms with van der Waals surface area (Å²) >= 11 is 1.59. The number of hydrogen-bond donors (Lipinski definition) is 2. The third-order valence-corrected chi connectivity index (χ3v) is 7.78. The van der Waals surface area contributed by atoms with Crippen molar-refractivity contribution in [1.29, 1.82) is 5.41 Å². The molecular weight excluding hydrogens is 487 g/mol. The van der Waals surface area contributed by atoms with Gasteiger partial charge in [-0.3, -0.25) is 5.41 Å². The van der Waals surface area contributed by atoms with Crippen molar-refractivity contribution in [2.75, 3.05) is 50.8 Å². The van der Waals surface area contributed by atoms with Crippen LogP contribution in [0, 0.1) is 11.2 Å². The number of nitrogens with one attached hydrogen (secondary N) is 2. The molecule has 2 aliphatic heterocycles. The molecular formula is C28H35FN6OS. The van der Waals surface area contributed by atoms with Crippen LogP contribution in [0.3, 0.4) is 0 Å². The van der Waals surface area contributed by atoms with E-state index in [4.69, 9.17) is 15.1 Å². The largest absolute Gasteiger partial charge is 0.378 e. The molecule has 37 heavy (non-hydrogen) atoms. The van der Waals surface area contributed by atoms with Crippen LogP contribution in [0.5, 0.6) is 0 Å². The Bertz CT molecular complexity index is 1220. The van der Waals surface area contributed by atoms with Gasteiger partial charge in [0.25, 0.3) is 0 Å². The fourth-order valence-electron chi connectivity index (χ4n) is 4.83. The monoisotopic (exact) mass is 522 g/mol. The van der Waals surface area contributed by atoms with Gasteiger partial charge >= 0.3 is 0 Å². The Hall–Kier alpha value is -3.17. The maximum atomic E-state index is 13.4. The van der Waals surface area contributed by atoms with Gasteiger partial charge in [-0.25, -0.2) is 9.38 Å². The number of aromatic nitrogens is 1. The highest BCUT2D eigenvalue weighted by Crippen LogP contribution is 2.25. The van der Waals surface area contributed by atoms with Gasteiger partial charge in [-0.15, -0.1) is 11.3 Å². The van der Waals surface area contributed by atoms with E-state index in [0.29, 0.717) is 5.96 Å². The van der Waals surface area contributed by atoms with E-state index in [-0.39, 0.29) is 5.82 Å². The van der Waals surface area contributed by atoms with Gasteiger partial charge in [0.15, 0.2) is 10.8 Å². The lowest BCUT2D eigenvalue weighted by Gasteiger charge is -2.29. The Morgan fingerprint density at radius 3 is 2.43 bits per heavy atom. The molecule has 2 aliphatic rings. The number of rotatable bonds is 7. The Morgan fingerprint density at radius 1 is 0.973 bits per heavy atom. The van der Waals surface area contributed by atoms with Crippen molar-refractivity contribution in [3.63, 3.8) is 0 Å². The predicted molar refractivity (Wildman–Crippen MR) is 148 cm³/mol. The van der Waals surface area contributed by atoms with Crippen LogP contribution >= 0.6 is 11.3 Å². The number of thiazole rings is 1. The lowest BCUT2D eigenvalue weighted by molar-refractivity contribution is 0.122. The summed E-state index contributed by atoms with van der Waals surface area (Å²) in [5.41, 5.74) is 4.20. The summed E-state index contributed by atoms with van der Waals surface area (Å²) in [7, 11) is 0. The highest BCUT2D eigenvalue weighted by atomic mass is 32.1. The minimum absolute atomic E-state index is 0.263. The molecule has 2 N–H and O–H groups in total. The number of nitrogens with zero attached hydrogens (tertiary/aromatic N) is 4. The second-order valence-electron chi connectivity index (χ2n) is 9.47. The number of hydrogen-bond acceptors (Lipinski definition) is 5. The fourth-order valence-corrected chi connectivity index (χ4v) is 5.78. The number of likely N-dealkylation sites (tertiary alicyclic amines) is 1. The molecule has 0 aliphatic carbocycles. The normalized spacial score (nSPS) is 16.7. The molecule has 0 saturated carbocycles. The molecule has 0 bridgehead atoms. The fraction of sp³-hybridized carbons (Fsp3) is 0.429. The lowest BCUT2D eigenvalue weighted by atomic mass is 10.1. The SMILES string of the molecule is N=C(NCCCn1c(-c2ccc(N3CCOCC3)cc2)cs/c1=N\c1ccc(F)cc1)N1CCCCC1. The summed E-state index contributed by atoms with van der Waals surface area (Å²) in [5.74, 6) is 0.270. The molecule has 7 nitrogen and oxygen atoms in total. The zero-order valence-electron chi connectivity index (χ0n) is 21.2. The van der Waals surface area contributed by atoms with Crippen LogP contribution in [-0.2, 0) is 11.3 Å². The van der Waals surface area contributed by atoms with Gasteiger partial charge in [-0.05, 0) is 67.6 Å². The van der Waals surface area contributed by atoms with Crippen molar-refractivity contribution < 1.29 is 9.13 Å². The third-order valence-electron chi connectivity index (χ3n) is 6.91. The number of morpholine rings is 1. The molecule has 0 spiro atoms. The van der Waals surface area contributed by atoms with Crippen LogP contribution in [0.4, 0.5) is 15.8 Å². The minimum Gasteiger partial charge on any atom is -0.378 e. The zero-order valence-corrected chi connectivity index (χ0v) is 22.0. The van der Waals surface area contributed by atoms with Crippen LogP contribution in [-0.4, -0.2) is 61.4 Å². The molecule has 0 atom stereocenters. The van der Waals surface area contributed by atoms with Gasteiger partial charge in [0.05, 0.1) is 24.6 Å². The van der Waals surface area contributed by atoms with Crippen LogP contribution in [0.2, 0.25) is 0 Å². The molecule has 0 unspecified atom stereocenters. The number of halogens is 1. The topological polar surface area (TPSA) is 68.9 Å². The van der Waals surface area contributed by atoms with E-state index in [0.717, 1.165) is 93.5 Å². The Labute approximate surface area is 221 Å². The van der Waals surface area contributed by atoms with Crippen LogP contribution in [0.1, 0.15) is 25.7 Å². The smallest absolute Gasteiger partial charge is 0.191 e. The minimum atomic E-state index is -0.263. The van der Waals surface area contributed by atoms with Crippen LogP contribution < -0.4 is 15.0 Å². The van der Waals surface area contributed by atoms with Crippen molar-refractivity contribution in [2.24, 2.45) is 4.99 Å². The second kappa shape index (κ2) is 12.4. The van der Waals surface area contributed by atoms with E-state index in [1.807, 2.05) is 0 Å². The molecule has 0 amide bonds. The lowest BCUT2D eigenvalue weighted by Crippen LogP contribution is -2.43. The zero-order chi connectivity index (χ0) is 25.5. The highest BCUT2D eigenvalue weighted by molar-refractivity contribution is 7.07. The van der Waals surface area contributed by atoms with E-state index in [1.165, 1.54) is 24.2 Å². The number of guanidine groups is 1. The Balaban J connectivity index is 1.33. The van der Waals surface area contributed by atoms with Gasteiger partial charge in [0.2, 0.25) is 0 Å². The number of piperidine rings is 1. The molecule has 1 aromatic heterocycles. The van der Waals surface area contributed by atoms with E-state index in [2.05, 4.69) is 49.3 Å². The van der Waals surface area contributed by atoms with Crippen LogP contribution in [0.25, 0.3) is 11.3 Å². The summed E-state index contributed by atoms with van der Waals surface area (Å²) in [4.78, 5) is 10.2. The van der Waals surface area contributed by atoms with Crippen molar-refractivity contribution in [3.05, 3.63) is 64.5 Å².